The topological polar surface area (TPSA) is 26.3 Å². The molecule has 24 heavy (non-hydrogen) atoms. The lowest BCUT2D eigenvalue weighted by molar-refractivity contribution is -0.145. The highest BCUT2D eigenvalue weighted by Crippen LogP contribution is 2.66. The van der Waals surface area contributed by atoms with Crippen LogP contribution in [-0.4, -0.2) is 16.9 Å². The van der Waals surface area contributed by atoms with Gasteiger partial charge < -0.3 is 4.74 Å². The summed E-state index contributed by atoms with van der Waals surface area (Å²) in [5, 5.41) is 0. The van der Waals surface area contributed by atoms with Gasteiger partial charge in [0.2, 0.25) is 0 Å². The van der Waals surface area contributed by atoms with Crippen LogP contribution in [0.2, 0.25) is 0 Å². The van der Waals surface area contributed by atoms with E-state index in [1.54, 1.807) is 5.57 Å². The molecular weight excluding hydrogens is 364 g/mol. The summed E-state index contributed by atoms with van der Waals surface area (Å²) in [6.07, 6.45) is 12.6. The predicted octanol–water partition coefficient (Wildman–Crippen LogP) is 5.64. The van der Waals surface area contributed by atoms with E-state index < -0.39 is 0 Å². The second-order valence-corrected chi connectivity index (χ2v) is 10.4. The molecule has 134 valence electrons. The molecule has 4 rings (SSSR count). The highest BCUT2D eigenvalue weighted by Gasteiger charge is 2.58. The molecule has 0 aromatic carbocycles. The average Bonchev–Trinajstić information content (AvgIpc) is 2.83. The summed E-state index contributed by atoms with van der Waals surface area (Å²) in [6.45, 7) is 6.59. The number of carbonyl (C=O) groups is 1. The van der Waals surface area contributed by atoms with Gasteiger partial charge in [0, 0.05) is 11.8 Å². The first-order valence-electron chi connectivity index (χ1n) is 9.87. The maximum Gasteiger partial charge on any atom is 0.303 e. The number of hydrogen-bond acceptors (Lipinski definition) is 2. The smallest absolute Gasteiger partial charge is 0.303 e. The van der Waals surface area contributed by atoms with Crippen molar-refractivity contribution < 1.29 is 9.53 Å². The van der Waals surface area contributed by atoms with E-state index in [1.165, 1.54) is 51.9 Å². The van der Waals surface area contributed by atoms with E-state index in [0.717, 1.165) is 29.0 Å². The molecule has 7 atom stereocenters. The van der Waals surface area contributed by atoms with Crippen molar-refractivity contribution in [2.24, 2.45) is 28.6 Å². The molecule has 3 saturated carbocycles. The normalized spacial score (nSPS) is 50.3. The Morgan fingerprint density at radius 3 is 2.67 bits per heavy atom. The molecule has 3 heteroatoms. The van der Waals surface area contributed by atoms with E-state index in [0.29, 0.717) is 10.8 Å². The van der Waals surface area contributed by atoms with Crippen LogP contribution >= 0.6 is 15.9 Å². The number of halogens is 1. The molecule has 0 heterocycles. The van der Waals surface area contributed by atoms with Gasteiger partial charge >= 0.3 is 5.97 Å². The summed E-state index contributed by atoms with van der Waals surface area (Å²) >= 11 is 4.01. The number of allylic oxidation sites excluding steroid dienone is 1. The molecule has 0 amide bonds. The molecule has 0 aliphatic heterocycles. The van der Waals surface area contributed by atoms with Gasteiger partial charge in [-0.25, -0.2) is 0 Å². The zero-order chi connectivity index (χ0) is 17.1. The fourth-order valence-corrected chi connectivity index (χ4v) is 7.77. The molecule has 0 radical (unpaired) electrons. The SMILES string of the molecule is CC(=O)OC1C=C2CC[C@@H]3[C@H](CC[C@]4(C)C(Br)CC[C@@H]34)[C@@]2(C)CC1. The monoisotopic (exact) mass is 394 g/mol. The molecule has 0 saturated heterocycles. The molecule has 4 aliphatic carbocycles. The van der Waals surface area contributed by atoms with Crippen LogP contribution < -0.4 is 0 Å². The van der Waals surface area contributed by atoms with Gasteiger partial charge in [0.25, 0.3) is 0 Å². The summed E-state index contributed by atoms with van der Waals surface area (Å²) in [6, 6.07) is 0. The van der Waals surface area contributed by atoms with Crippen LogP contribution in [0.1, 0.15) is 72.1 Å². The van der Waals surface area contributed by atoms with Crippen LogP contribution in [0.5, 0.6) is 0 Å². The third-order valence-electron chi connectivity index (χ3n) is 8.27. The third kappa shape index (κ3) is 2.44. The van der Waals surface area contributed by atoms with Gasteiger partial charge in [-0.15, -0.1) is 0 Å². The second-order valence-electron chi connectivity index (χ2n) is 9.30. The summed E-state index contributed by atoms with van der Waals surface area (Å²) in [5.74, 6) is 2.51. The highest BCUT2D eigenvalue weighted by atomic mass is 79.9. The van der Waals surface area contributed by atoms with Gasteiger partial charge in [0.1, 0.15) is 6.10 Å². The first-order chi connectivity index (χ1) is 11.3. The van der Waals surface area contributed by atoms with Crippen LogP contribution in [0.4, 0.5) is 0 Å². The van der Waals surface area contributed by atoms with Crippen LogP contribution in [0.25, 0.3) is 0 Å². The van der Waals surface area contributed by atoms with Crippen molar-refractivity contribution in [3.63, 3.8) is 0 Å². The standard InChI is InChI=1S/C21H31BrO2/c1-13(23)24-15-8-10-20(2)14(12-15)4-5-16-17-6-7-19(22)21(17,3)11-9-18(16)20/h12,15-19H,4-11H2,1-3H3/t15?,16-,17-,18-,19?,20-,21-/m0/s1. The van der Waals surface area contributed by atoms with E-state index in [2.05, 4.69) is 35.9 Å². The van der Waals surface area contributed by atoms with Gasteiger partial charge in [-0.2, -0.15) is 0 Å². The molecule has 0 spiro atoms. The highest BCUT2D eigenvalue weighted by molar-refractivity contribution is 9.09. The molecule has 3 fully saturated rings. The number of hydrogen-bond donors (Lipinski definition) is 0. The zero-order valence-corrected chi connectivity index (χ0v) is 16.9. The minimum atomic E-state index is -0.142. The number of ether oxygens (including phenoxy) is 1. The van der Waals surface area contributed by atoms with Gasteiger partial charge in [0.15, 0.2) is 0 Å². The van der Waals surface area contributed by atoms with E-state index in [4.69, 9.17) is 4.74 Å². The Hall–Kier alpha value is -0.310. The Balaban J connectivity index is 1.60. The molecule has 0 aromatic rings. The number of esters is 1. The predicted molar refractivity (Wildman–Crippen MR) is 100.0 cm³/mol. The van der Waals surface area contributed by atoms with E-state index in [-0.39, 0.29) is 12.1 Å². The second kappa shape index (κ2) is 5.86. The quantitative estimate of drug-likeness (QED) is 0.326. The Morgan fingerprint density at radius 2 is 1.92 bits per heavy atom. The number of alkyl halides is 1. The van der Waals surface area contributed by atoms with Crippen LogP contribution in [-0.2, 0) is 9.53 Å². The lowest BCUT2D eigenvalue weighted by Gasteiger charge is -2.58. The molecule has 2 unspecified atom stereocenters. The van der Waals surface area contributed by atoms with Crippen molar-refractivity contribution in [1.82, 2.24) is 0 Å². The number of fused-ring (bicyclic) bond motifs is 5. The van der Waals surface area contributed by atoms with Gasteiger partial charge in [-0.1, -0.05) is 35.4 Å². The lowest BCUT2D eigenvalue weighted by atomic mass is 9.47. The van der Waals surface area contributed by atoms with Gasteiger partial charge in [0.05, 0.1) is 0 Å². The Morgan fingerprint density at radius 1 is 1.12 bits per heavy atom. The summed E-state index contributed by atoms with van der Waals surface area (Å²) in [5.41, 5.74) is 2.47. The number of carbonyl (C=O) groups excluding carboxylic acids is 1. The fourth-order valence-electron chi connectivity index (χ4n) is 6.94. The van der Waals surface area contributed by atoms with Crippen LogP contribution in [0.15, 0.2) is 11.6 Å². The van der Waals surface area contributed by atoms with Crippen LogP contribution in [0.3, 0.4) is 0 Å². The first kappa shape index (κ1) is 17.1. The fraction of sp³-hybridized carbons (Fsp3) is 0.857. The Bertz CT molecular complexity index is 570. The minimum Gasteiger partial charge on any atom is -0.458 e. The van der Waals surface area contributed by atoms with Crippen molar-refractivity contribution in [1.29, 1.82) is 0 Å². The van der Waals surface area contributed by atoms with Gasteiger partial charge in [-0.05, 0) is 86.0 Å². The van der Waals surface area contributed by atoms with E-state index in [9.17, 15) is 4.79 Å². The maximum absolute atomic E-state index is 11.3. The molecule has 2 nitrogen and oxygen atoms in total. The van der Waals surface area contributed by atoms with E-state index >= 15 is 0 Å². The molecule has 0 N–H and O–H groups in total. The third-order valence-corrected chi connectivity index (χ3v) is 9.78. The molecule has 4 aliphatic rings. The van der Waals surface area contributed by atoms with Crippen molar-refractivity contribution in [2.45, 2.75) is 83.1 Å². The first-order valence-corrected chi connectivity index (χ1v) is 10.8. The average molecular weight is 395 g/mol. The lowest BCUT2D eigenvalue weighted by Crippen LogP contribution is -2.50. The number of rotatable bonds is 1. The molecule has 0 bridgehead atoms. The van der Waals surface area contributed by atoms with Crippen molar-refractivity contribution in [3.8, 4) is 0 Å². The molecule has 0 aromatic heterocycles. The molecular formula is C21H31BrO2. The van der Waals surface area contributed by atoms with E-state index in [1.807, 2.05) is 0 Å². The zero-order valence-electron chi connectivity index (χ0n) is 15.3. The van der Waals surface area contributed by atoms with Gasteiger partial charge in [-0.3, -0.25) is 4.79 Å². The summed E-state index contributed by atoms with van der Waals surface area (Å²) in [7, 11) is 0. The largest absolute Gasteiger partial charge is 0.458 e. The summed E-state index contributed by atoms with van der Waals surface area (Å²) < 4.78 is 5.50. The summed E-state index contributed by atoms with van der Waals surface area (Å²) in [4.78, 5) is 12.0. The Labute approximate surface area is 154 Å². The Kier molecular flexibility index (Phi) is 4.18. The maximum atomic E-state index is 11.3. The minimum absolute atomic E-state index is 0.0226. The van der Waals surface area contributed by atoms with Crippen molar-refractivity contribution >= 4 is 21.9 Å². The van der Waals surface area contributed by atoms with Crippen molar-refractivity contribution in [2.75, 3.05) is 0 Å². The van der Waals surface area contributed by atoms with Crippen LogP contribution in [0, 0.1) is 28.6 Å². The van der Waals surface area contributed by atoms with Crippen molar-refractivity contribution in [3.05, 3.63) is 11.6 Å².